The number of carbonyl (C=O) groups excluding carboxylic acids is 1. The van der Waals surface area contributed by atoms with Gasteiger partial charge < -0.3 is 5.32 Å². The highest BCUT2D eigenvalue weighted by Crippen LogP contribution is 2.24. The van der Waals surface area contributed by atoms with Gasteiger partial charge in [0.25, 0.3) is 0 Å². The van der Waals surface area contributed by atoms with Gasteiger partial charge >= 0.3 is 0 Å². The van der Waals surface area contributed by atoms with E-state index in [4.69, 9.17) is 0 Å². The van der Waals surface area contributed by atoms with Crippen LogP contribution in [0.5, 0.6) is 0 Å². The largest absolute Gasteiger partial charge is 0.351 e. The lowest BCUT2D eigenvalue weighted by molar-refractivity contribution is -0.121. The SMILES string of the molecule is CCc1nc(CC(=O)N[C@H](CC)[C@H](c2ccc(C)cc2)n2cncn2)cs1. The standard InChI is InChI=1S/C20H25N5OS/c1-4-17(24-18(26)10-16-11-27-19(5-2)23-16)20(25-13-21-12-22-25)15-8-6-14(3)7-9-15/h6-9,11-13,17,20H,4-5,10H2,1-3H3,(H,24,26)/t17-,20+/m1/s1. The molecule has 0 saturated heterocycles. The van der Waals surface area contributed by atoms with Crippen molar-refractivity contribution in [1.82, 2.24) is 25.1 Å². The monoisotopic (exact) mass is 383 g/mol. The molecule has 2 atom stereocenters. The lowest BCUT2D eigenvalue weighted by atomic mass is 9.96. The number of carbonyl (C=O) groups is 1. The maximum absolute atomic E-state index is 12.6. The third-order valence-electron chi connectivity index (χ3n) is 4.55. The van der Waals surface area contributed by atoms with Crippen molar-refractivity contribution in [3.8, 4) is 0 Å². The molecule has 0 spiro atoms. The highest BCUT2D eigenvalue weighted by Gasteiger charge is 2.26. The van der Waals surface area contributed by atoms with Crippen LogP contribution in [0.4, 0.5) is 0 Å². The summed E-state index contributed by atoms with van der Waals surface area (Å²) in [5, 5.41) is 10.5. The number of thiazole rings is 1. The molecule has 0 unspecified atom stereocenters. The molecule has 6 nitrogen and oxygen atoms in total. The number of aromatic nitrogens is 4. The van der Waals surface area contributed by atoms with Crippen molar-refractivity contribution in [2.75, 3.05) is 0 Å². The van der Waals surface area contributed by atoms with Crippen LogP contribution in [0.25, 0.3) is 0 Å². The summed E-state index contributed by atoms with van der Waals surface area (Å²) in [5.74, 6) is -0.0213. The Balaban J connectivity index is 1.78. The number of hydrogen-bond donors (Lipinski definition) is 1. The number of aryl methyl sites for hydroxylation is 2. The van der Waals surface area contributed by atoms with Gasteiger partial charge in [-0.1, -0.05) is 43.7 Å². The van der Waals surface area contributed by atoms with Crippen molar-refractivity contribution in [2.45, 2.75) is 52.1 Å². The van der Waals surface area contributed by atoms with Gasteiger partial charge in [-0.3, -0.25) is 4.79 Å². The smallest absolute Gasteiger partial charge is 0.226 e. The van der Waals surface area contributed by atoms with Crippen LogP contribution < -0.4 is 5.32 Å². The average Bonchev–Trinajstić information content (AvgIpc) is 3.34. The highest BCUT2D eigenvalue weighted by molar-refractivity contribution is 7.09. The minimum Gasteiger partial charge on any atom is -0.351 e. The molecule has 3 aromatic rings. The molecule has 0 aliphatic carbocycles. The predicted octanol–water partition coefficient (Wildman–Crippen LogP) is 3.33. The molecule has 0 bridgehead atoms. The normalized spacial score (nSPS) is 13.3. The summed E-state index contributed by atoms with van der Waals surface area (Å²) in [6.45, 7) is 6.20. The first kappa shape index (κ1) is 19.2. The van der Waals surface area contributed by atoms with Crippen LogP contribution in [0, 0.1) is 6.92 Å². The van der Waals surface area contributed by atoms with Crippen LogP contribution >= 0.6 is 11.3 Å². The minimum absolute atomic E-state index is 0.0213. The van der Waals surface area contributed by atoms with Gasteiger partial charge in [0, 0.05) is 5.38 Å². The topological polar surface area (TPSA) is 72.7 Å². The van der Waals surface area contributed by atoms with Crippen molar-refractivity contribution in [2.24, 2.45) is 0 Å². The van der Waals surface area contributed by atoms with Crippen LogP contribution in [-0.2, 0) is 17.6 Å². The lowest BCUT2D eigenvalue weighted by Gasteiger charge is -2.27. The van der Waals surface area contributed by atoms with Gasteiger partial charge in [0.2, 0.25) is 5.91 Å². The van der Waals surface area contributed by atoms with E-state index in [0.717, 1.165) is 29.1 Å². The summed E-state index contributed by atoms with van der Waals surface area (Å²) in [5.41, 5.74) is 3.13. The third-order valence-corrected chi connectivity index (χ3v) is 5.59. The zero-order valence-electron chi connectivity index (χ0n) is 15.9. The second-order valence-electron chi connectivity index (χ2n) is 6.58. The molecule has 0 aliphatic rings. The first-order chi connectivity index (χ1) is 13.1. The second-order valence-corrected chi connectivity index (χ2v) is 7.52. The molecule has 1 amide bonds. The average molecular weight is 384 g/mol. The van der Waals surface area contributed by atoms with E-state index in [1.54, 1.807) is 17.7 Å². The van der Waals surface area contributed by atoms with E-state index in [1.165, 1.54) is 11.9 Å². The summed E-state index contributed by atoms with van der Waals surface area (Å²) in [4.78, 5) is 21.2. The van der Waals surface area contributed by atoms with Crippen molar-refractivity contribution < 1.29 is 4.79 Å². The fourth-order valence-electron chi connectivity index (χ4n) is 3.11. The van der Waals surface area contributed by atoms with Crippen LogP contribution in [0.2, 0.25) is 0 Å². The zero-order valence-corrected chi connectivity index (χ0v) is 16.7. The van der Waals surface area contributed by atoms with Gasteiger partial charge in [0.1, 0.15) is 12.7 Å². The number of nitrogens with zero attached hydrogens (tertiary/aromatic N) is 4. The van der Waals surface area contributed by atoms with Crippen molar-refractivity contribution in [1.29, 1.82) is 0 Å². The summed E-state index contributed by atoms with van der Waals surface area (Å²) in [6, 6.07) is 8.13. The number of hydrogen-bond acceptors (Lipinski definition) is 5. The maximum Gasteiger partial charge on any atom is 0.226 e. The Morgan fingerprint density at radius 1 is 1.26 bits per heavy atom. The van der Waals surface area contributed by atoms with Gasteiger partial charge in [-0.15, -0.1) is 11.3 Å². The Morgan fingerprint density at radius 3 is 2.63 bits per heavy atom. The van der Waals surface area contributed by atoms with Crippen LogP contribution in [-0.4, -0.2) is 31.7 Å². The van der Waals surface area contributed by atoms with E-state index in [2.05, 4.69) is 65.4 Å². The van der Waals surface area contributed by atoms with Gasteiger partial charge in [-0.05, 0) is 25.3 Å². The highest BCUT2D eigenvalue weighted by atomic mass is 32.1. The Labute approximate surface area is 163 Å². The van der Waals surface area contributed by atoms with Gasteiger partial charge in [0.15, 0.2) is 0 Å². The number of amides is 1. The lowest BCUT2D eigenvalue weighted by Crippen LogP contribution is -2.42. The molecule has 1 N–H and O–H groups in total. The number of rotatable bonds is 8. The molecule has 27 heavy (non-hydrogen) atoms. The van der Waals surface area contributed by atoms with Crippen LogP contribution in [0.3, 0.4) is 0 Å². The van der Waals surface area contributed by atoms with E-state index < -0.39 is 0 Å². The third kappa shape index (κ3) is 4.80. The molecule has 0 fully saturated rings. The quantitative estimate of drug-likeness (QED) is 0.648. The molecule has 142 valence electrons. The summed E-state index contributed by atoms with van der Waals surface area (Å²) >= 11 is 1.61. The molecule has 0 saturated carbocycles. The molecule has 2 heterocycles. The molecule has 0 aliphatic heterocycles. The first-order valence-electron chi connectivity index (χ1n) is 9.24. The molecular formula is C20H25N5OS. The van der Waals surface area contributed by atoms with E-state index in [1.807, 2.05) is 10.1 Å². The summed E-state index contributed by atoms with van der Waals surface area (Å²) in [7, 11) is 0. The Morgan fingerprint density at radius 2 is 2.04 bits per heavy atom. The van der Waals surface area contributed by atoms with E-state index in [0.29, 0.717) is 6.42 Å². The first-order valence-corrected chi connectivity index (χ1v) is 10.1. The van der Waals surface area contributed by atoms with Gasteiger partial charge in [-0.2, -0.15) is 5.10 Å². The fourth-order valence-corrected chi connectivity index (χ4v) is 3.86. The minimum atomic E-state index is -0.108. The van der Waals surface area contributed by atoms with Crippen molar-refractivity contribution >= 4 is 17.2 Å². The van der Waals surface area contributed by atoms with Gasteiger partial charge in [-0.25, -0.2) is 14.6 Å². The Bertz CT molecular complexity index is 857. The Hall–Kier alpha value is -2.54. The van der Waals surface area contributed by atoms with Crippen molar-refractivity contribution in [3.63, 3.8) is 0 Å². The van der Waals surface area contributed by atoms with E-state index in [9.17, 15) is 4.79 Å². The second kappa shape index (κ2) is 8.90. The summed E-state index contributed by atoms with van der Waals surface area (Å²) < 4.78 is 1.82. The van der Waals surface area contributed by atoms with Crippen LogP contribution in [0.1, 0.15) is 48.1 Å². The molecule has 2 aromatic heterocycles. The summed E-state index contributed by atoms with van der Waals surface area (Å²) in [6.07, 6.45) is 5.20. The van der Waals surface area contributed by atoms with Gasteiger partial charge in [0.05, 0.1) is 29.2 Å². The fraction of sp³-hybridized carbons (Fsp3) is 0.400. The molecule has 7 heteroatoms. The van der Waals surface area contributed by atoms with Crippen LogP contribution in [0.15, 0.2) is 42.3 Å². The van der Waals surface area contributed by atoms with Crippen molar-refractivity contribution in [3.05, 3.63) is 64.1 Å². The molecule has 3 rings (SSSR count). The molecule has 1 aromatic carbocycles. The predicted molar refractivity (Wildman–Crippen MR) is 107 cm³/mol. The van der Waals surface area contributed by atoms with E-state index in [-0.39, 0.29) is 18.0 Å². The maximum atomic E-state index is 12.6. The van der Waals surface area contributed by atoms with E-state index >= 15 is 0 Å². The molecule has 0 radical (unpaired) electrons. The Kier molecular flexibility index (Phi) is 6.34. The number of benzene rings is 1. The molecular weight excluding hydrogens is 358 g/mol. The number of nitrogens with one attached hydrogen (secondary N) is 1. The zero-order chi connectivity index (χ0) is 19.2.